The van der Waals surface area contributed by atoms with Crippen LogP contribution in [0, 0.1) is 0 Å². The highest BCUT2D eigenvalue weighted by Crippen LogP contribution is 2.42. The van der Waals surface area contributed by atoms with Gasteiger partial charge in [0.05, 0.1) is 11.8 Å². The topological polar surface area (TPSA) is 74.9 Å². The maximum absolute atomic E-state index is 12.8. The van der Waals surface area contributed by atoms with Crippen molar-refractivity contribution in [3.8, 4) is 16.9 Å². The van der Waals surface area contributed by atoms with Crippen LogP contribution < -0.4 is 5.73 Å². The fourth-order valence-electron chi connectivity index (χ4n) is 1.55. The summed E-state index contributed by atoms with van der Waals surface area (Å²) in [6.45, 7) is 0. The van der Waals surface area contributed by atoms with Gasteiger partial charge in [0, 0.05) is 11.1 Å². The predicted octanol–water partition coefficient (Wildman–Crippen LogP) is 2.38. The first-order chi connectivity index (χ1) is 7.91. The van der Waals surface area contributed by atoms with Crippen molar-refractivity contribution in [1.82, 2.24) is 10.2 Å². The number of phenols is 1. The number of nitrogen functional groups attached to an aromatic ring is 1. The zero-order valence-electron chi connectivity index (χ0n) is 8.42. The molecule has 0 saturated carbocycles. The molecule has 0 bridgehead atoms. The van der Waals surface area contributed by atoms with Crippen molar-refractivity contribution in [1.29, 1.82) is 0 Å². The van der Waals surface area contributed by atoms with E-state index in [0.717, 1.165) is 24.4 Å². The summed E-state index contributed by atoms with van der Waals surface area (Å²) >= 11 is 0. The fourth-order valence-corrected chi connectivity index (χ4v) is 1.55. The summed E-state index contributed by atoms with van der Waals surface area (Å²) in [5.41, 5.74) is 4.16. The molecule has 0 saturated heterocycles. The molecule has 4 N–H and O–H groups in total. The molecule has 2 aromatic rings. The van der Waals surface area contributed by atoms with E-state index in [-0.39, 0.29) is 16.9 Å². The van der Waals surface area contributed by atoms with Gasteiger partial charge in [0.2, 0.25) is 0 Å². The molecular formula is C10H8F3N3O. The first-order valence-corrected chi connectivity index (χ1v) is 4.59. The highest BCUT2D eigenvalue weighted by Gasteiger charge is 2.35. The number of hydrogen-bond acceptors (Lipinski definition) is 3. The minimum atomic E-state index is -4.57. The molecule has 7 heteroatoms. The van der Waals surface area contributed by atoms with E-state index in [1.165, 1.54) is 0 Å². The Balaban J connectivity index is 2.73. The van der Waals surface area contributed by atoms with Crippen LogP contribution in [0.2, 0.25) is 0 Å². The van der Waals surface area contributed by atoms with Crippen LogP contribution in [0.15, 0.2) is 24.4 Å². The van der Waals surface area contributed by atoms with Crippen molar-refractivity contribution in [2.45, 2.75) is 6.18 Å². The number of halogens is 3. The summed E-state index contributed by atoms with van der Waals surface area (Å²) in [7, 11) is 0. The van der Waals surface area contributed by atoms with Crippen LogP contribution in [0.25, 0.3) is 11.1 Å². The smallest absolute Gasteiger partial charge is 0.417 e. The van der Waals surface area contributed by atoms with Crippen molar-refractivity contribution < 1.29 is 18.3 Å². The largest absolute Gasteiger partial charge is 0.507 e. The first-order valence-electron chi connectivity index (χ1n) is 4.59. The third-order valence-corrected chi connectivity index (χ3v) is 2.29. The molecule has 0 aliphatic rings. The van der Waals surface area contributed by atoms with Crippen LogP contribution in [0.5, 0.6) is 5.75 Å². The molecule has 4 nitrogen and oxygen atoms in total. The second-order valence-electron chi connectivity index (χ2n) is 3.39. The number of benzene rings is 1. The van der Waals surface area contributed by atoms with Gasteiger partial charge < -0.3 is 10.8 Å². The molecule has 2 rings (SSSR count). The Morgan fingerprint density at radius 1 is 1.29 bits per heavy atom. The van der Waals surface area contributed by atoms with Crippen LogP contribution in [0.1, 0.15) is 5.56 Å². The molecule has 1 aromatic heterocycles. The van der Waals surface area contributed by atoms with E-state index in [0.29, 0.717) is 0 Å². The number of aromatic nitrogens is 2. The quantitative estimate of drug-likeness (QED) is 0.719. The highest BCUT2D eigenvalue weighted by atomic mass is 19.4. The lowest BCUT2D eigenvalue weighted by Crippen LogP contribution is -2.07. The van der Waals surface area contributed by atoms with Crippen molar-refractivity contribution in [2.75, 3.05) is 5.73 Å². The van der Waals surface area contributed by atoms with E-state index in [1.807, 2.05) is 0 Å². The van der Waals surface area contributed by atoms with E-state index in [9.17, 15) is 18.3 Å². The Kier molecular flexibility index (Phi) is 2.45. The van der Waals surface area contributed by atoms with Gasteiger partial charge in [-0.15, -0.1) is 0 Å². The van der Waals surface area contributed by atoms with Crippen molar-refractivity contribution >= 4 is 5.82 Å². The van der Waals surface area contributed by atoms with Crippen LogP contribution in [-0.2, 0) is 6.18 Å². The number of nitrogens with two attached hydrogens (primary N) is 1. The monoisotopic (exact) mass is 243 g/mol. The van der Waals surface area contributed by atoms with Gasteiger partial charge in [-0.05, 0) is 12.1 Å². The number of phenolic OH excluding ortho intramolecular Hbond substituents is 1. The standard InChI is InChI=1S/C10H8F3N3O/c11-10(12,13)6-2-1-3-7(17)8(6)5-4-15-16-9(5)14/h1-4,17H,(H3,14,15,16). The van der Waals surface area contributed by atoms with E-state index in [2.05, 4.69) is 10.2 Å². The number of H-pyrrole nitrogens is 1. The Hall–Kier alpha value is -2.18. The molecule has 0 aliphatic carbocycles. The first kappa shape index (κ1) is 11.3. The SMILES string of the molecule is Nc1[nH]ncc1-c1c(O)cccc1C(F)(F)F. The van der Waals surface area contributed by atoms with Crippen LogP contribution >= 0.6 is 0 Å². The second kappa shape index (κ2) is 3.69. The van der Waals surface area contributed by atoms with Gasteiger partial charge in [0.15, 0.2) is 0 Å². The molecule has 1 aromatic carbocycles. The van der Waals surface area contributed by atoms with Crippen molar-refractivity contribution in [2.24, 2.45) is 0 Å². The zero-order valence-corrected chi connectivity index (χ0v) is 8.42. The Morgan fingerprint density at radius 2 is 2.00 bits per heavy atom. The van der Waals surface area contributed by atoms with Gasteiger partial charge in [0.25, 0.3) is 0 Å². The number of hydrogen-bond donors (Lipinski definition) is 3. The van der Waals surface area contributed by atoms with Crippen LogP contribution in [0.3, 0.4) is 0 Å². The Bertz CT molecular complexity index is 548. The average Bonchev–Trinajstić information content (AvgIpc) is 2.62. The number of anilines is 1. The summed E-state index contributed by atoms with van der Waals surface area (Å²) < 4.78 is 38.3. The van der Waals surface area contributed by atoms with Gasteiger partial charge in [-0.25, -0.2) is 0 Å². The van der Waals surface area contributed by atoms with Crippen LogP contribution in [0.4, 0.5) is 19.0 Å². The molecule has 0 radical (unpaired) electrons. The molecule has 0 fully saturated rings. The maximum Gasteiger partial charge on any atom is 0.417 e. The zero-order chi connectivity index (χ0) is 12.6. The number of aromatic hydroxyl groups is 1. The third-order valence-electron chi connectivity index (χ3n) is 2.29. The van der Waals surface area contributed by atoms with E-state index < -0.39 is 17.5 Å². The molecule has 17 heavy (non-hydrogen) atoms. The van der Waals surface area contributed by atoms with Gasteiger partial charge >= 0.3 is 6.18 Å². The fraction of sp³-hybridized carbons (Fsp3) is 0.100. The second-order valence-corrected chi connectivity index (χ2v) is 3.39. The number of alkyl halides is 3. The molecule has 0 aliphatic heterocycles. The molecule has 90 valence electrons. The summed E-state index contributed by atoms with van der Waals surface area (Å²) in [6.07, 6.45) is -3.43. The van der Waals surface area contributed by atoms with E-state index in [4.69, 9.17) is 5.73 Å². The summed E-state index contributed by atoms with van der Waals surface area (Å²) in [4.78, 5) is 0. The lowest BCUT2D eigenvalue weighted by Gasteiger charge is -2.13. The lowest BCUT2D eigenvalue weighted by atomic mass is 10.00. The van der Waals surface area contributed by atoms with Crippen molar-refractivity contribution in [3.63, 3.8) is 0 Å². The number of nitrogens with zero attached hydrogens (tertiary/aromatic N) is 1. The lowest BCUT2D eigenvalue weighted by molar-refractivity contribution is -0.137. The minimum Gasteiger partial charge on any atom is -0.507 e. The van der Waals surface area contributed by atoms with E-state index >= 15 is 0 Å². The summed E-state index contributed by atoms with van der Waals surface area (Å²) in [6, 6.07) is 3.16. The predicted molar refractivity (Wildman–Crippen MR) is 55.1 cm³/mol. The van der Waals surface area contributed by atoms with Gasteiger partial charge in [0.1, 0.15) is 11.6 Å². The summed E-state index contributed by atoms with van der Waals surface area (Å²) in [5, 5.41) is 15.4. The third kappa shape index (κ3) is 1.91. The molecule has 0 unspecified atom stereocenters. The normalized spacial score (nSPS) is 11.7. The van der Waals surface area contributed by atoms with Gasteiger partial charge in [-0.3, -0.25) is 5.10 Å². The highest BCUT2D eigenvalue weighted by molar-refractivity contribution is 5.80. The molecule has 0 amide bonds. The van der Waals surface area contributed by atoms with Gasteiger partial charge in [-0.2, -0.15) is 18.3 Å². The molecule has 1 heterocycles. The Labute approximate surface area is 93.9 Å². The average molecular weight is 243 g/mol. The van der Waals surface area contributed by atoms with Crippen molar-refractivity contribution in [3.05, 3.63) is 30.0 Å². The molecule has 0 atom stereocenters. The summed E-state index contributed by atoms with van der Waals surface area (Å²) in [5.74, 6) is -0.523. The minimum absolute atomic E-state index is 0.0235. The number of aromatic amines is 1. The van der Waals surface area contributed by atoms with E-state index in [1.54, 1.807) is 0 Å². The number of nitrogens with one attached hydrogen (secondary N) is 1. The molecular weight excluding hydrogens is 235 g/mol. The number of rotatable bonds is 1. The maximum atomic E-state index is 12.8. The Morgan fingerprint density at radius 3 is 2.53 bits per heavy atom. The molecule has 0 spiro atoms. The van der Waals surface area contributed by atoms with Gasteiger partial charge in [-0.1, -0.05) is 6.07 Å². The van der Waals surface area contributed by atoms with Crippen LogP contribution in [-0.4, -0.2) is 15.3 Å².